The molecule has 1 N–H and O–H groups in total. The fraction of sp³-hybridized carbons (Fsp3) is 0.250. The van der Waals surface area contributed by atoms with E-state index in [-0.39, 0.29) is 0 Å². The number of hydrogen-bond donors (Lipinski definition) is 1. The van der Waals surface area contributed by atoms with Crippen LogP contribution in [0.4, 0.5) is 0 Å². The minimum Gasteiger partial charge on any atom is -0.354 e. The maximum absolute atomic E-state index is 4.29. The Morgan fingerprint density at radius 2 is 2.19 bits per heavy atom. The maximum atomic E-state index is 4.29. The number of thiophene rings is 1. The lowest BCUT2D eigenvalue weighted by molar-refractivity contribution is 0.878. The predicted octanol–water partition coefficient (Wildman–Crippen LogP) is 4.37. The maximum Gasteiger partial charge on any atom is 0.158 e. The molecule has 0 aliphatic heterocycles. The molecule has 0 atom stereocenters. The number of aryl methyl sites for hydroxylation is 1. The highest BCUT2D eigenvalue weighted by Gasteiger charge is 2.18. The van der Waals surface area contributed by atoms with Gasteiger partial charge in [0.2, 0.25) is 0 Å². The molecule has 106 valence electrons. The second-order valence-corrected chi connectivity index (χ2v) is 6.59. The van der Waals surface area contributed by atoms with Gasteiger partial charge in [-0.1, -0.05) is 13.8 Å². The lowest BCUT2D eigenvalue weighted by Gasteiger charge is -2.09. The Bertz CT molecular complexity index is 942. The highest BCUT2D eigenvalue weighted by molar-refractivity contribution is 7.17. The second-order valence-electron chi connectivity index (χ2n) is 5.67. The van der Waals surface area contributed by atoms with Crippen LogP contribution in [0.3, 0.4) is 0 Å². The van der Waals surface area contributed by atoms with E-state index in [1.807, 2.05) is 4.52 Å². The fourth-order valence-corrected chi connectivity index (χ4v) is 3.99. The Morgan fingerprint density at radius 3 is 3.00 bits per heavy atom. The van der Waals surface area contributed by atoms with Gasteiger partial charge in [-0.05, 0) is 41.5 Å². The molecule has 0 bridgehead atoms. The van der Waals surface area contributed by atoms with E-state index in [1.54, 1.807) is 17.7 Å². The van der Waals surface area contributed by atoms with Gasteiger partial charge in [0.05, 0.1) is 15.9 Å². The van der Waals surface area contributed by atoms with Crippen molar-refractivity contribution >= 4 is 27.2 Å². The second kappa shape index (κ2) is 4.43. The zero-order valence-corrected chi connectivity index (χ0v) is 13.0. The third-order valence-electron chi connectivity index (χ3n) is 3.86. The smallest absolute Gasteiger partial charge is 0.158 e. The normalized spacial score (nSPS) is 12.0. The van der Waals surface area contributed by atoms with Gasteiger partial charge in [-0.3, -0.25) is 0 Å². The molecule has 0 amide bonds. The number of rotatable bonds is 2. The number of pyridine rings is 1. The molecule has 0 unspecified atom stereocenters. The highest BCUT2D eigenvalue weighted by Crippen LogP contribution is 2.38. The van der Waals surface area contributed by atoms with Crippen LogP contribution >= 0.6 is 11.3 Å². The molecule has 0 aliphatic carbocycles. The largest absolute Gasteiger partial charge is 0.354 e. The number of hydrogen-bond acceptors (Lipinski definition) is 3. The fourth-order valence-electron chi connectivity index (χ4n) is 2.94. The summed E-state index contributed by atoms with van der Waals surface area (Å²) in [5.74, 6) is 0.471. The average molecular weight is 296 g/mol. The van der Waals surface area contributed by atoms with Crippen molar-refractivity contribution in [3.05, 3.63) is 41.2 Å². The molecule has 4 rings (SSSR count). The topological polar surface area (TPSA) is 46.0 Å². The van der Waals surface area contributed by atoms with Crippen molar-refractivity contribution in [1.29, 1.82) is 0 Å². The molecule has 21 heavy (non-hydrogen) atoms. The van der Waals surface area contributed by atoms with E-state index in [0.29, 0.717) is 5.92 Å². The SMILES string of the molecule is Cc1cc(-c2[nH]c3ccsc3c2C(C)C)cn2ncnc12. The molecule has 0 spiro atoms. The third kappa shape index (κ3) is 1.81. The zero-order valence-electron chi connectivity index (χ0n) is 12.2. The summed E-state index contributed by atoms with van der Waals surface area (Å²) >= 11 is 1.80. The van der Waals surface area contributed by atoms with Gasteiger partial charge < -0.3 is 4.98 Å². The van der Waals surface area contributed by atoms with Crippen molar-refractivity contribution in [3.63, 3.8) is 0 Å². The van der Waals surface area contributed by atoms with Crippen LogP contribution in [0.25, 0.3) is 27.1 Å². The number of nitrogens with zero attached hydrogens (tertiary/aromatic N) is 3. The first kappa shape index (κ1) is 12.6. The summed E-state index contributed by atoms with van der Waals surface area (Å²) in [5.41, 5.74) is 7.02. The molecule has 4 heterocycles. The number of aromatic nitrogens is 4. The van der Waals surface area contributed by atoms with Crippen molar-refractivity contribution < 1.29 is 0 Å². The van der Waals surface area contributed by atoms with Crippen molar-refractivity contribution in [2.45, 2.75) is 26.7 Å². The van der Waals surface area contributed by atoms with E-state index in [4.69, 9.17) is 0 Å². The van der Waals surface area contributed by atoms with Gasteiger partial charge in [0.1, 0.15) is 6.33 Å². The standard InChI is InChI=1S/C16H16N4S/c1-9(2)13-14(19-12-4-5-21-15(12)13)11-6-10(3)16-17-8-18-20(16)7-11/h4-9,19H,1-3H3. The molecule has 0 saturated carbocycles. The van der Waals surface area contributed by atoms with Gasteiger partial charge in [0.25, 0.3) is 0 Å². The Labute approximate surface area is 126 Å². The molecule has 0 saturated heterocycles. The van der Waals surface area contributed by atoms with Crippen molar-refractivity contribution in [1.82, 2.24) is 19.6 Å². The monoisotopic (exact) mass is 296 g/mol. The molecule has 5 heteroatoms. The van der Waals surface area contributed by atoms with E-state index in [1.165, 1.54) is 21.5 Å². The lowest BCUT2D eigenvalue weighted by Crippen LogP contribution is -1.95. The summed E-state index contributed by atoms with van der Waals surface area (Å²) in [4.78, 5) is 7.86. The molecule has 4 aromatic rings. The van der Waals surface area contributed by atoms with Crippen LogP contribution in [0, 0.1) is 6.92 Å². The van der Waals surface area contributed by atoms with Crippen molar-refractivity contribution in [2.24, 2.45) is 0 Å². The summed E-state index contributed by atoms with van der Waals surface area (Å²) in [6.45, 7) is 6.56. The lowest BCUT2D eigenvalue weighted by atomic mass is 9.99. The van der Waals surface area contributed by atoms with E-state index in [9.17, 15) is 0 Å². The number of nitrogens with one attached hydrogen (secondary N) is 1. The highest BCUT2D eigenvalue weighted by atomic mass is 32.1. The Kier molecular flexibility index (Phi) is 2.65. The third-order valence-corrected chi connectivity index (χ3v) is 4.81. The van der Waals surface area contributed by atoms with Crippen LogP contribution in [0.15, 0.2) is 30.0 Å². The quantitative estimate of drug-likeness (QED) is 0.597. The average Bonchev–Trinajstić information content (AvgIpc) is 3.12. The van der Waals surface area contributed by atoms with E-state index in [2.05, 4.69) is 59.5 Å². The summed E-state index contributed by atoms with van der Waals surface area (Å²) in [6.07, 6.45) is 3.65. The molecule has 0 aromatic carbocycles. The van der Waals surface area contributed by atoms with Gasteiger partial charge in [0.15, 0.2) is 5.65 Å². The number of fused-ring (bicyclic) bond motifs is 2. The molecule has 0 fully saturated rings. The van der Waals surface area contributed by atoms with Crippen LogP contribution in [0.1, 0.15) is 30.9 Å². The summed E-state index contributed by atoms with van der Waals surface area (Å²) in [7, 11) is 0. The van der Waals surface area contributed by atoms with Gasteiger partial charge in [0, 0.05) is 11.8 Å². The van der Waals surface area contributed by atoms with Crippen LogP contribution in [0.5, 0.6) is 0 Å². The van der Waals surface area contributed by atoms with E-state index in [0.717, 1.165) is 16.8 Å². The van der Waals surface area contributed by atoms with Gasteiger partial charge in [-0.25, -0.2) is 9.50 Å². The Balaban J connectivity index is 2.03. The van der Waals surface area contributed by atoms with Crippen LogP contribution < -0.4 is 0 Å². The molecule has 4 nitrogen and oxygen atoms in total. The number of H-pyrrole nitrogens is 1. The Morgan fingerprint density at radius 1 is 1.33 bits per heavy atom. The zero-order chi connectivity index (χ0) is 14.6. The van der Waals surface area contributed by atoms with Crippen LogP contribution in [-0.4, -0.2) is 19.6 Å². The summed E-state index contributed by atoms with van der Waals surface area (Å²) in [5, 5.41) is 6.42. The van der Waals surface area contributed by atoms with Crippen molar-refractivity contribution in [2.75, 3.05) is 0 Å². The summed E-state index contributed by atoms with van der Waals surface area (Å²) in [6, 6.07) is 4.33. The van der Waals surface area contributed by atoms with Gasteiger partial charge in [-0.15, -0.1) is 11.3 Å². The first-order chi connectivity index (χ1) is 10.1. The predicted molar refractivity (Wildman–Crippen MR) is 87.0 cm³/mol. The number of aromatic amines is 1. The van der Waals surface area contributed by atoms with Gasteiger partial charge >= 0.3 is 0 Å². The van der Waals surface area contributed by atoms with Crippen LogP contribution in [-0.2, 0) is 0 Å². The summed E-state index contributed by atoms with van der Waals surface area (Å²) < 4.78 is 3.21. The van der Waals surface area contributed by atoms with Gasteiger partial charge in [-0.2, -0.15) is 5.10 Å². The van der Waals surface area contributed by atoms with E-state index < -0.39 is 0 Å². The first-order valence-corrected chi connectivity index (χ1v) is 7.92. The minimum absolute atomic E-state index is 0.471. The minimum atomic E-state index is 0.471. The van der Waals surface area contributed by atoms with Crippen LogP contribution in [0.2, 0.25) is 0 Å². The molecular formula is C16H16N4S. The first-order valence-electron chi connectivity index (χ1n) is 7.04. The Hall–Kier alpha value is -2.14. The van der Waals surface area contributed by atoms with Crippen molar-refractivity contribution in [3.8, 4) is 11.3 Å². The molecule has 0 radical (unpaired) electrons. The molecular weight excluding hydrogens is 280 g/mol. The molecule has 0 aliphatic rings. The van der Waals surface area contributed by atoms with E-state index >= 15 is 0 Å². The molecule has 4 aromatic heterocycles.